The zero-order chi connectivity index (χ0) is 25.4. The van der Waals surface area contributed by atoms with Gasteiger partial charge in [0.25, 0.3) is 5.56 Å². The molecule has 0 bridgehead atoms. The maximum atomic E-state index is 13.7. The second-order valence-electron chi connectivity index (χ2n) is 8.06. The van der Waals surface area contributed by atoms with Gasteiger partial charge in [-0.15, -0.1) is 0 Å². The number of ether oxygens (including phenoxy) is 1. The van der Waals surface area contributed by atoms with Gasteiger partial charge in [-0.1, -0.05) is 67.5 Å². The van der Waals surface area contributed by atoms with Crippen LogP contribution >= 0.6 is 43.2 Å². The van der Waals surface area contributed by atoms with Crippen molar-refractivity contribution in [2.24, 2.45) is 4.99 Å². The van der Waals surface area contributed by atoms with E-state index >= 15 is 0 Å². The number of fused-ring (bicyclic) bond motifs is 1. The van der Waals surface area contributed by atoms with Crippen molar-refractivity contribution in [2.45, 2.75) is 19.9 Å². The average Bonchev–Trinajstić information content (AvgIpc) is 3.45. The molecular weight excluding hydrogens is 608 g/mol. The Balaban J connectivity index is 1.68. The third kappa shape index (κ3) is 4.70. The van der Waals surface area contributed by atoms with Crippen molar-refractivity contribution < 1.29 is 13.9 Å². The predicted octanol–water partition coefficient (Wildman–Crippen LogP) is 5.58. The first-order chi connectivity index (χ1) is 17.4. The maximum absolute atomic E-state index is 13.7. The van der Waals surface area contributed by atoms with E-state index in [1.165, 1.54) is 15.9 Å². The fourth-order valence-corrected chi connectivity index (χ4v) is 5.62. The number of thiazole rings is 1. The molecule has 0 amide bonds. The molecule has 1 atom stereocenters. The maximum Gasteiger partial charge on any atom is 0.338 e. The fraction of sp³-hybridized carbons (Fsp3) is 0.148. The van der Waals surface area contributed by atoms with Crippen molar-refractivity contribution in [2.75, 3.05) is 6.61 Å². The lowest BCUT2D eigenvalue weighted by molar-refractivity contribution is -0.139. The van der Waals surface area contributed by atoms with Crippen LogP contribution in [0.2, 0.25) is 0 Å². The van der Waals surface area contributed by atoms with E-state index < -0.39 is 12.0 Å². The Morgan fingerprint density at radius 2 is 1.75 bits per heavy atom. The molecule has 2 aromatic heterocycles. The molecule has 0 fully saturated rings. The molecule has 0 radical (unpaired) electrons. The van der Waals surface area contributed by atoms with Crippen LogP contribution in [-0.4, -0.2) is 17.1 Å². The molecule has 182 valence electrons. The summed E-state index contributed by atoms with van der Waals surface area (Å²) in [5.74, 6) is 0.571. The summed E-state index contributed by atoms with van der Waals surface area (Å²) in [5, 5.41) is 0. The number of benzene rings is 2. The number of halogens is 2. The van der Waals surface area contributed by atoms with Crippen molar-refractivity contribution in [3.05, 3.63) is 112 Å². The summed E-state index contributed by atoms with van der Waals surface area (Å²) in [7, 11) is 0. The number of carbonyl (C=O) groups is 1. The minimum absolute atomic E-state index is 0.207. The minimum Gasteiger partial charge on any atom is -0.463 e. The lowest BCUT2D eigenvalue weighted by Crippen LogP contribution is -2.39. The van der Waals surface area contributed by atoms with Gasteiger partial charge in [0, 0.05) is 14.5 Å². The molecule has 0 aliphatic carbocycles. The molecule has 6 nitrogen and oxygen atoms in total. The number of carbonyl (C=O) groups excluding carboxylic acids is 1. The van der Waals surface area contributed by atoms with E-state index in [9.17, 15) is 9.59 Å². The highest BCUT2D eigenvalue weighted by molar-refractivity contribution is 9.10. The molecule has 0 spiro atoms. The zero-order valence-electron chi connectivity index (χ0n) is 19.3. The summed E-state index contributed by atoms with van der Waals surface area (Å²) in [4.78, 5) is 31.8. The van der Waals surface area contributed by atoms with Gasteiger partial charge in [-0.3, -0.25) is 9.36 Å². The first-order valence-electron chi connectivity index (χ1n) is 11.2. The fourth-order valence-electron chi connectivity index (χ4n) is 4.04. The Morgan fingerprint density at radius 1 is 1.08 bits per heavy atom. The van der Waals surface area contributed by atoms with Crippen LogP contribution in [0.5, 0.6) is 0 Å². The van der Waals surface area contributed by atoms with Gasteiger partial charge in [0.2, 0.25) is 0 Å². The zero-order valence-corrected chi connectivity index (χ0v) is 23.3. The van der Waals surface area contributed by atoms with Gasteiger partial charge in [-0.25, -0.2) is 9.79 Å². The molecule has 1 aliphatic heterocycles. The van der Waals surface area contributed by atoms with Gasteiger partial charge >= 0.3 is 5.97 Å². The number of furan rings is 1. The highest BCUT2D eigenvalue weighted by atomic mass is 79.9. The van der Waals surface area contributed by atoms with Crippen molar-refractivity contribution in [1.29, 1.82) is 0 Å². The van der Waals surface area contributed by atoms with E-state index in [1.54, 1.807) is 19.9 Å². The van der Waals surface area contributed by atoms with Gasteiger partial charge in [-0.2, -0.15) is 0 Å². The SMILES string of the molecule is CCOC(=O)C1=C(C)N=c2s/c(=C\c3ccc(Br)cc3)c(=O)n2[C@H]1c1ccc(-c2ccc(Br)cc2)o1. The van der Waals surface area contributed by atoms with Crippen LogP contribution in [0.1, 0.15) is 31.2 Å². The molecule has 5 rings (SSSR count). The highest BCUT2D eigenvalue weighted by Crippen LogP contribution is 2.34. The topological polar surface area (TPSA) is 73.8 Å². The normalized spacial score (nSPS) is 15.6. The first kappa shape index (κ1) is 24.7. The Labute approximate surface area is 227 Å². The van der Waals surface area contributed by atoms with E-state index in [4.69, 9.17) is 9.15 Å². The smallest absolute Gasteiger partial charge is 0.338 e. The summed E-state index contributed by atoms with van der Waals surface area (Å²) in [6, 6.07) is 18.2. The summed E-state index contributed by atoms with van der Waals surface area (Å²) in [6.07, 6.45) is 1.83. The Kier molecular flexibility index (Phi) is 6.96. The molecular formula is C27H20Br2N2O4S. The lowest BCUT2D eigenvalue weighted by atomic mass is 10.0. The number of nitrogens with zero attached hydrogens (tertiary/aromatic N) is 2. The number of rotatable bonds is 5. The van der Waals surface area contributed by atoms with E-state index in [0.717, 1.165) is 20.1 Å². The first-order valence-corrected chi connectivity index (χ1v) is 13.6. The Morgan fingerprint density at radius 3 is 2.42 bits per heavy atom. The van der Waals surface area contributed by atoms with Crippen LogP contribution in [0.3, 0.4) is 0 Å². The largest absolute Gasteiger partial charge is 0.463 e. The summed E-state index contributed by atoms with van der Waals surface area (Å²) >= 11 is 8.16. The number of hydrogen-bond acceptors (Lipinski definition) is 6. The summed E-state index contributed by atoms with van der Waals surface area (Å²) in [6.45, 7) is 3.71. The number of allylic oxidation sites excluding steroid dienone is 1. The highest BCUT2D eigenvalue weighted by Gasteiger charge is 2.35. The Hall–Kier alpha value is -3.01. The third-order valence-electron chi connectivity index (χ3n) is 5.71. The quantitative estimate of drug-likeness (QED) is 0.271. The predicted molar refractivity (Wildman–Crippen MR) is 146 cm³/mol. The van der Waals surface area contributed by atoms with Gasteiger partial charge in [0.1, 0.15) is 17.6 Å². The van der Waals surface area contributed by atoms with Crippen LogP contribution in [0.25, 0.3) is 17.4 Å². The molecule has 4 aromatic rings. The van der Waals surface area contributed by atoms with Gasteiger partial charge < -0.3 is 9.15 Å². The summed E-state index contributed by atoms with van der Waals surface area (Å²) in [5.41, 5.74) is 2.30. The molecule has 9 heteroatoms. The van der Waals surface area contributed by atoms with Crippen molar-refractivity contribution in [3.8, 4) is 11.3 Å². The van der Waals surface area contributed by atoms with Crippen molar-refractivity contribution >= 4 is 55.2 Å². The van der Waals surface area contributed by atoms with Gasteiger partial charge in [-0.05, 0) is 61.9 Å². The van der Waals surface area contributed by atoms with E-state index in [0.29, 0.717) is 26.6 Å². The third-order valence-corrected chi connectivity index (χ3v) is 7.75. The monoisotopic (exact) mass is 626 g/mol. The van der Waals surface area contributed by atoms with Crippen molar-refractivity contribution in [1.82, 2.24) is 4.57 Å². The molecule has 3 heterocycles. The van der Waals surface area contributed by atoms with E-state index in [1.807, 2.05) is 60.7 Å². The molecule has 1 aliphatic rings. The van der Waals surface area contributed by atoms with Crippen LogP contribution in [0.15, 0.2) is 95.1 Å². The number of hydrogen-bond donors (Lipinski definition) is 0. The molecule has 0 saturated heterocycles. The van der Waals surface area contributed by atoms with Crippen LogP contribution in [0.4, 0.5) is 0 Å². The lowest BCUT2D eigenvalue weighted by Gasteiger charge is -2.22. The van der Waals surface area contributed by atoms with Crippen LogP contribution < -0.4 is 14.9 Å². The average molecular weight is 628 g/mol. The van der Waals surface area contributed by atoms with E-state index in [-0.39, 0.29) is 17.7 Å². The van der Waals surface area contributed by atoms with Crippen molar-refractivity contribution in [3.63, 3.8) is 0 Å². The summed E-state index contributed by atoms with van der Waals surface area (Å²) < 4.78 is 15.5. The van der Waals surface area contributed by atoms with Gasteiger partial charge in [0.15, 0.2) is 4.80 Å². The number of aromatic nitrogens is 1. The molecule has 36 heavy (non-hydrogen) atoms. The molecule has 0 N–H and O–H groups in total. The van der Waals surface area contributed by atoms with Gasteiger partial charge in [0.05, 0.1) is 22.4 Å². The minimum atomic E-state index is -0.795. The standard InChI is InChI=1S/C27H20Br2N2O4S/c1-3-34-26(33)23-15(2)30-27-31(25(32)22(36-27)14-16-4-8-18(28)9-5-16)24(23)21-13-12-20(35-21)17-6-10-19(29)11-7-17/h4-14,24H,3H2,1-2H3/b22-14-/t24-/m0/s1. The molecule has 0 saturated carbocycles. The number of esters is 1. The molecule has 2 aromatic carbocycles. The van der Waals surface area contributed by atoms with Crippen LogP contribution in [-0.2, 0) is 9.53 Å². The molecule has 0 unspecified atom stereocenters. The second kappa shape index (κ2) is 10.2. The van der Waals surface area contributed by atoms with E-state index in [2.05, 4.69) is 36.9 Å². The Bertz CT molecular complexity index is 1660. The second-order valence-corrected chi connectivity index (χ2v) is 10.9. The van der Waals surface area contributed by atoms with Crippen LogP contribution in [0, 0.1) is 0 Å².